The number of carbonyl (C=O) groups excluding carboxylic acids is 1. The Labute approximate surface area is 125 Å². The van der Waals surface area contributed by atoms with E-state index in [1.807, 2.05) is 0 Å². The number of halogens is 1. The van der Waals surface area contributed by atoms with Crippen molar-refractivity contribution in [3.63, 3.8) is 0 Å². The molecule has 0 aliphatic heterocycles. The van der Waals surface area contributed by atoms with Crippen LogP contribution in [-0.2, 0) is 4.79 Å². The smallest absolute Gasteiger partial charge is 0.306 e. The Kier molecular flexibility index (Phi) is 4.42. The van der Waals surface area contributed by atoms with E-state index in [9.17, 15) is 19.7 Å². The van der Waals surface area contributed by atoms with Crippen LogP contribution in [0.5, 0.6) is 0 Å². The number of carboxylic acid groups (broad SMARTS) is 1. The standard InChI is InChI=1S/C13H13ClN2O5/c14-10-6-7(2-4-11(10)16(20)21)12(17)15-9-3-1-8(5-9)13(18)19/h2,4,6,8-9H,1,3,5H2,(H,15,17)(H,18,19)/t8-,9+/m1/s1. The summed E-state index contributed by atoms with van der Waals surface area (Å²) in [5.41, 5.74) is -0.0515. The molecule has 0 unspecified atom stereocenters. The van der Waals surface area contributed by atoms with E-state index in [2.05, 4.69) is 5.32 Å². The molecule has 2 rings (SSSR count). The number of nitrogens with one attached hydrogen (secondary N) is 1. The fourth-order valence-corrected chi connectivity index (χ4v) is 2.65. The van der Waals surface area contributed by atoms with Crippen LogP contribution in [-0.4, -0.2) is 27.9 Å². The number of aliphatic carboxylic acids is 1. The predicted octanol–water partition coefficient (Wildman–Crippen LogP) is 2.23. The van der Waals surface area contributed by atoms with Crippen LogP contribution in [0.3, 0.4) is 0 Å². The summed E-state index contributed by atoms with van der Waals surface area (Å²) in [5.74, 6) is -1.70. The number of nitro groups is 1. The topological polar surface area (TPSA) is 110 Å². The summed E-state index contributed by atoms with van der Waals surface area (Å²) in [6, 6.07) is 3.53. The number of hydrogen-bond donors (Lipinski definition) is 2. The highest BCUT2D eigenvalue weighted by molar-refractivity contribution is 6.33. The fourth-order valence-electron chi connectivity index (χ4n) is 2.40. The lowest BCUT2D eigenvalue weighted by Crippen LogP contribution is -2.33. The molecule has 1 fully saturated rings. The number of amides is 1. The molecule has 1 aromatic rings. The maximum absolute atomic E-state index is 12.0. The summed E-state index contributed by atoms with van der Waals surface area (Å²) in [7, 11) is 0. The molecule has 112 valence electrons. The number of nitro benzene ring substituents is 1. The summed E-state index contributed by atoms with van der Waals surface area (Å²) in [4.78, 5) is 32.9. The van der Waals surface area contributed by atoms with Crippen LogP contribution < -0.4 is 5.32 Å². The van der Waals surface area contributed by atoms with Crippen LogP contribution in [0.1, 0.15) is 29.6 Å². The highest BCUT2D eigenvalue weighted by Gasteiger charge is 2.30. The largest absolute Gasteiger partial charge is 0.481 e. The first-order valence-electron chi connectivity index (χ1n) is 6.36. The van der Waals surface area contributed by atoms with Gasteiger partial charge in [-0.3, -0.25) is 19.7 Å². The summed E-state index contributed by atoms with van der Waals surface area (Å²) < 4.78 is 0. The molecule has 0 spiro atoms. The molecule has 7 nitrogen and oxygen atoms in total. The Morgan fingerprint density at radius 2 is 2.10 bits per heavy atom. The summed E-state index contributed by atoms with van der Waals surface area (Å²) in [6.45, 7) is 0. The van der Waals surface area contributed by atoms with Gasteiger partial charge in [-0.2, -0.15) is 0 Å². The van der Waals surface area contributed by atoms with Gasteiger partial charge in [-0.15, -0.1) is 0 Å². The number of nitrogens with zero attached hydrogens (tertiary/aromatic N) is 1. The monoisotopic (exact) mass is 312 g/mol. The molecule has 1 aromatic carbocycles. The zero-order valence-electron chi connectivity index (χ0n) is 10.9. The lowest BCUT2D eigenvalue weighted by Gasteiger charge is -2.12. The van der Waals surface area contributed by atoms with E-state index in [0.29, 0.717) is 19.3 Å². The lowest BCUT2D eigenvalue weighted by atomic mass is 10.1. The molecular formula is C13H13ClN2O5. The third-order valence-electron chi connectivity index (χ3n) is 3.52. The number of benzene rings is 1. The number of hydrogen-bond acceptors (Lipinski definition) is 4. The number of carbonyl (C=O) groups is 2. The van der Waals surface area contributed by atoms with E-state index in [1.165, 1.54) is 18.2 Å². The second-order valence-electron chi connectivity index (χ2n) is 4.94. The van der Waals surface area contributed by atoms with Crippen LogP contribution in [0.2, 0.25) is 5.02 Å². The molecule has 1 saturated carbocycles. The highest BCUT2D eigenvalue weighted by Crippen LogP contribution is 2.27. The van der Waals surface area contributed by atoms with E-state index in [-0.39, 0.29) is 22.3 Å². The minimum absolute atomic E-state index is 0.109. The molecule has 0 saturated heterocycles. The quantitative estimate of drug-likeness (QED) is 0.654. The normalized spacial score (nSPS) is 21.0. The van der Waals surface area contributed by atoms with Gasteiger partial charge in [0.2, 0.25) is 0 Å². The van der Waals surface area contributed by atoms with Crippen LogP contribution in [0.4, 0.5) is 5.69 Å². The second kappa shape index (κ2) is 6.09. The van der Waals surface area contributed by atoms with Gasteiger partial charge >= 0.3 is 5.97 Å². The average Bonchev–Trinajstić information content (AvgIpc) is 2.86. The minimum Gasteiger partial charge on any atom is -0.481 e. The number of carboxylic acids is 1. The molecule has 1 aliphatic carbocycles. The summed E-state index contributed by atoms with van der Waals surface area (Å²) in [5, 5.41) is 22.2. The van der Waals surface area contributed by atoms with Gasteiger partial charge in [0.1, 0.15) is 5.02 Å². The zero-order valence-corrected chi connectivity index (χ0v) is 11.7. The number of rotatable bonds is 4. The van der Waals surface area contributed by atoms with Crippen LogP contribution in [0, 0.1) is 16.0 Å². The summed E-state index contributed by atoms with van der Waals surface area (Å²) >= 11 is 5.75. The molecule has 8 heteroatoms. The van der Waals surface area contributed by atoms with Crippen molar-refractivity contribution in [2.24, 2.45) is 5.92 Å². The molecule has 1 aliphatic rings. The highest BCUT2D eigenvalue weighted by atomic mass is 35.5. The molecule has 0 bridgehead atoms. The van der Waals surface area contributed by atoms with Crippen LogP contribution in [0.15, 0.2) is 18.2 Å². The lowest BCUT2D eigenvalue weighted by molar-refractivity contribution is -0.384. The van der Waals surface area contributed by atoms with Crippen molar-refractivity contribution >= 4 is 29.2 Å². The van der Waals surface area contributed by atoms with Crippen molar-refractivity contribution in [2.75, 3.05) is 0 Å². The van der Waals surface area contributed by atoms with Crippen molar-refractivity contribution < 1.29 is 19.6 Å². The van der Waals surface area contributed by atoms with Gasteiger partial charge in [0.15, 0.2) is 0 Å². The van der Waals surface area contributed by atoms with Crippen molar-refractivity contribution in [3.8, 4) is 0 Å². The van der Waals surface area contributed by atoms with Crippen molar-refractivity contribution in [3.05, 3.63) is 38.9 Å². The molecule has 2 N–H and O–H groups in total. The minimum atomic E-state index is -0.856. The second-order valence-corrected chi connectivity index (χ2v) is 5.35. The van der Waals surface area contributed by atoms with Gasteiger partial charge in [-0.05, 0) is 31.4 Å². The maximum Gasteiger partial charge on any atom is 0.306 e. The fraction of sp³-hybridized carbons (Fsp3) is 0.385. The van der Waals surface area contributed by atoms with E-state index in [0.717, 1.165) is 0 Å². The first-order valence-corrected chi connectivity index (χ1v) is 6.74. The Balaban J connectivity index is 2.03. The first kappa shape index (κ1) is 15.2. The third kappa shape index (κ3) is 3.49. The zero-order chi connectivity index (χ0) is 15.6. The van der Waals surface area contributed by atoms with E-state index in [4.69, 9.17) is 16.7 Å². The summed E-state index contributed by atoms with van der Waals surface area (Å²) in [6.07, 6.45) is 1.52. The Hall–Kier alpha value is -2.15. The molecule has 21 heavy (non-hydrogen) atoms. The Morgan fingerprint density at radius 3 is 2.62 bits per heavy atom. The van der Waals surface area contributed by atoms with Crippen LogP contribution >= 0.6 is 11.6 Å². The Bertz CT molecular complexity index is 604. The van der Waals surface area contributed by atoms with E-state index in [1.54, 1.807) is 0 Å². The molecule has 2 atom stereocenters. The van der Waals surface area contributed by atoms with Gasteiger partial charge in [0, 0.05) is 17.7 Å². The molecule has 0 heterocycles. The van der Waals surface area contributed by atoms with Crippen molar-refractivity contribution in [2.45, 2.75) is 25.3 Å². The van der Waals surface area contributed by atoms with E-state index < -0.39 is 22.7 Å². The molecule has 0 radical (unpaired) electrons. The van der Waals surface area contributed by atoms with Gasteiger partial charge in [-0.1, -0.05) is 11.6 Å². The van der Waals surface area contributed by atoms with Gasteiger partial charge in [0.05, 0.1) is 10.8 Å². The third-order valence-corrected chi connectivity index (χ3v) is 3.83. The van der Waals surface area contributed by atoms with Crippen molar-refractivity contribution in [1.29, 1.82) is 0 Å². The molecule has 0 aromatic heterocycles. The van der Waals surface area contributed by atoms with Crippen LogP contribution in [0.25, 0.3) is 0 Å². The molecular weight excluding hydrogens is 300 g/mol. The van der Waals surface area contributed by atoms with E-state index >= 15 is 0 Å². The van der Waals surface area contributed by atoms with Crippen molar-refractivity contribution in [1.82, 2.24) is 5.32 Å². The first-order chi connectivity index (χ1) is 9.88. The predicted molar refractivity (Wildman–Crippen MR) is 74.3 cm³/mol. The SMILES string of the molecule is O=C(N[C@H]1CC[C@@H](C(=O)O)C1)c1ccc([N+](=O)[O-])c(Cl)c1. The van der Waals surface area contributed by atoms with Gasteiger partial charge < -0.3 is 10.4 Å². The Morgan fingerprint density at radius 1 is 1.38 bits per heavy atom. The van der Waals surface area contributed by atoms with Gasteiger partial charge in [-0.25, -0.2) is 0 Å². The average molecular weight is 313 g/mol. The van der Waals surface area contributed by atoms with Gasteiger partial charge in [0.25, 0.3) is 11.6 Å². The maximum atomic E-state index is 12.0. The molecule has 1 amide bonds.